The van der Waals surface area contributed by atoms with Crippen molar-refractivity contribution in [3.63, 3.8) is 0 Å². The SMILES string of the molecule is N#Cc1ccc(C2CCC(CCC3CCC(C/C=C/F)CC3)CC2)cc1. The molecule has 2 fully saturated rings. The third-order valence-corrected chi connectivity index (χ3v) is 6.87. The third-order valence-electron chi connectivity index (χ3n) is 6.87. The van der Waals surface area contributed by atoms with E-state index in [9.17, 15) is 4.39 Å². The molecule has 140 valence electrons. The summed E-state index contributed by atoms with van der Waals surface area (Å²) >= 11 is 0. The van der Waals surface area contributed by atoms with Gasteiger partial charge >= 0.3 is 0 Å². The summed E-state index contributed by atoms with van der Waals surface area (Å²) in [5, 5.41) is 8.92. The van der Waals surface area contributed by atoms with Gasteiger partial charge in [-0.3, -0.25) is 0 Å². The molecule has 1 aromatic carbocycles. The number of benzene rings is 1. The van der Waals surface area contributed by atoms with Crippen LogP contribution >= 0.6 is 0 Å². The summed E-state index contributed by atoms with van der Waals surface area (Å²) in [4.78, 5) is 0. The first-order valence-corrected chi connectivity index (χ1v) is 10.5. The molecule has 0 saturated heterocycles. The van der Waals surface area contributed by atoms with Crippen LogP contribution in [0.4, 0.5) is 4.39 Å². The predicted octanol–water partition coefficient (Wildman–Crippen LogP) is 7.29. The number of nitriles is 1. The van der Waals surface area contributed by atoms with E-state index in [1.165, 1.54) is 69.8 Å². The number of halogens is 1. The minimum absolute atomic E-state index is 0.693. The Hall–Kier alpha value is -1.62. The van der Waals surface area contributed by atoms with Gasteiger partial charge in [0.2, 0.25) is 0 Å². The molecular weight excluding hydrogens is 321 g/mol. The number of allylic oxidation sites excluding steroid dienone is 1. The minimum Gasteiger partial charge on any atom is -0.216 e. The van der Waals surface area contributed by atoms with E-state index in [4.69, 9.17) is 5.26 Å². The molecule has 0 bridgehead atoms. The van der Waals surface area contributed by atoms with Crippen LogP contribution in [0.2, 0.25) is 0 Å². The molecule has 0 atom stereocenters. The second kappa shape index (κ2) is 9.91. The highest BCUT2D eigenvalue weighted by atomic mass is 19.1. The Kier molecular flexibility index (Phi) is 7.30. The molecule has 0 heterocycles. The van der Waals surface area contributed by atoms with Crippen molar-refractivity contribution in [3.8, 4) is 6.07 Å². The Morgan fingerprint density at radius 2 is 1.38 bits per heavy atom. The first-order valence-electron chi connectivity index (χ1n) is 10.5. The van der Waals surface area contributed by atoms with Gasteiger partial charge < -0.3 is 0 Å². The van der Waals surface area contributed by atoms with Crippen LogP contribution in [0, 0.1) is 29.1 Å². The van der Waals surface area contributed by atoms with Gasteiger partial charge in [-0.1, -0.05) is 43.9 Å². The van der Waals surface area contributed by atoms with Gasteiger partial charge in [-0.25, -0.2) is 4.39 Å². The summed E-state index contributed by atoms with van der Waals surface area (Å²) < 4.78 is 12.1. The summed E-state index contributed by atoms with van der Waals surface area (Å²) in [7, 11) is 0. The topological polar surface area (TPSA) is 23.8 Å². The van der Waals surface area contributed by atoms with Gasteiger partial charge in [-0.2, -0.15) is 5.26 Å². The van der Waals surface area contributed by atoms with Crippen molar-refractivity contribution >= 4 is 0 Å². The first kappa shape index (κ1) is 19.2. The van der Waals surface area contributed by atoms with Crippen LogP contribution in [0.1, 0.15) is 87.7 Å². The molecule has 0 N–H and O–H groups in total. The lowest BCUT2D eigenvalue weighted by Crippen LogP contribution is -2.17. The van der Waals surface area contributed by atoms with Crippen molar-refractivity contribution < 1.29 is 4.39 Å². The van der Waals surface area contributed by atoms with E-state index in [-0.39, 0.29) is 0 Å². The quantitative estimate of drug-likeness (QED) is 0.526. The molecule has 0 aromatic heterocycles. The molecule has 3 rings (SSSR count). The van der Waals surface area contributed by atoms with E-state index < -0.39 is 0 Å². The van der Waals surface area contributed by atoms with Crippen molar-refractivity contribution in [1.29, 1.82) is 5.26 Å². The molecule has 0 amide bonds. The average molecular weight is 354 g/mol. The standard InChI is InChI=1S/C24H32FN/c25-17-1-2-19-3-5-20(6-4-19)7-8-21-9-13-23(14-10-21)24-15-11-22(18-26)12-16-24/h1,11-12,15-17,19-21,23H,2-10,13-14H2/b17-1+. The van der Waals surface area contributed by atoms with Crippen molar-refractivity contribution in [2.45, 2.75) is 76.5 Å². The van der Waals surface area contributed by atoms with Crippen molar-refractivity contribution in [2.75, 3.05) is 0 Å². The van der Waals surface area contributed by atoms with E-state index in [2.05, 4.69) is 18.2 Å². The summed E-state index contributed by atoms with van der Waals surface area (Å²) in [6.07, 6.45) is 16.8. The molecule has 26 heavy (non-hydrogen) atoms. The van der Waals surface area contributed by atoms with E-state index in [0.29, 0.717) is 12.2 Å². The molecule has 0 unspecified atom stereocenters. The van der Waals surface area contributed by atoms with Crippen LogP contribution in [-0.2, 0) is 0 Å². The van der Waals surface area contributed by atoms with Gasteiger partial charge in [-0.15, -0.1) is 0 Å². The molecule has 1 aromatic rings. The number of rotatable bonds is 6. The van der Waals surface area contributed by atoms with Crippen LogP contribution in [0.15, 0.2) is 36.7 Å². The molecule has 2 aliphatic carbocycles. The Morgan fingerprint density at radius 1 is 0.846 bits per heavy atom. The fourth-order valence-corrected chi connectivity index (χ4v) is 5.09. The fraction of sp³-hybridized carbons (Fsp3) is 0.625. The maximum absolute atomic E-state index is 12.1. The lowest BCUT2D eigenvalue weighted by molar-refractivity contribution is 0.231. The number of nitrogens with zero attached hydrogens (tertiary/aromatic N) is 1. The van der Waals surface area contributed by atoms with Gasteiger partial charge in [0, 0.05) is 0 Å². The lowest BCUT2D eigenvalue weighted by Gasteiger charge is -2.32. The maximum Gasteiger partial charge on any atom is 0.0991 e. The monoisotopic (exact) mass is 353 g/mol. The Bertz CT molecular complexity index is 596. The van der Waals surface area contributed by atoms with Gasteiger partial charge in [0.15, 0.2) is 0 Å². The Labute approximate surface area is 158 Å². The highest BCUT2D eigenvalue weighted by Crippen LogP contribution is 2.40. The lowest BCUT2D eigenvalue weighted by atomic mass is 9.74. The van der Waals surface area contributed by atoms with Gasteiger partial charge in [0.05, 0.1) is 18.0 Å². The van der Waals surface area contributed by atoms with Crippen LogP contribution in [0.3, 0.4) is 0 Å². The van der Waals surface area contributed by atoms with Crippen molar-refractivity contribution in [2.24, 2.45) is 17.8 Å². The number of hydrogen-bond acceptors (Lipinski definition) is 1. The second-order valence-corrected chi connectivity index (χ2v) is 8.51. The molecule has 0 aliphatic heterocycles. The third kappa shape index (κ3) is 5.44. The number of hydrogen-bond donors (Lipinski definition) is 0. The van der Waals surface area contributed by atoms with Gasteiger partial charge in [0.1, 0.15) is 0 Å². The molecule has 2 aliphatic rings. The van der Waals surface area contributed by atoms with Crippen LogP contribution in [-0.4, -0.2) is 0 Å². The molecule has 0 spiro atoms. The second-order valence-electron chi connectivity index (χ2n) is 8.51. The first-order chi connectivity index (χ1) is 12.8. The summed E-state index contributed by atoms with van der Waals surface area (Å²) in [6, 6.07) is 10.4. The van der Waals surface area contributed by atoms with Gasteiger partial charge in [0.25, 0.3) is 0 Å². The zero-order valence-corrected chi connectivity index (χ0v) is 15.9. The van der Waals surface area contributed by atoms with Crippen molar-refractivity contribution in [3.05, 3.63) is 47.8 Å². The Balaban J connectivity index is 1.35. The molecule has 0 radical (unpaired) electrons. The van der Waals surface area contributed by atoms with E-state index in [1.807, 2.05) is 12.1 Å². The van der Waals surface area contributed by atoms with E-state index in [0.717, 1.165) is 29.7 Å². The van der Waals surface area contributed by atoms with Crippen LogP contribution in [0.25, 0.3) is 0 Å². The van der Waals surface area contributed by atoms with E-state index >= 15 is 0 Å². The van der Waals surface area contributed by atoms with Crippen LogP contribution < -0.4 is 0 Å². The molecular formula is C24H32FN. The predicted molar refractivity (Wildman–Crippen MR) is 105 cm³/mol. The summed E-state index contributed by atoms with van der Waals surface area (Å²) in [6.45, 7) is 0. The molecule has 2 heteroatoms. The maximum atomic E-state index is 12.1. The summed E-state index contributed by atoms with van der Waals surface area (Å²) in [5.74, 6) is 3.24. The zero-order chi connectivity index (χ0) is 18.2. The Morgan fingerprint density at radius 3 is 1.92 bits per heavy atom. The highest BCUT2D eigenvalue weighted by molar-refractivity contribution is 5.33. The smallest absolute Gasteiger partial charge is 0.0991 e. The largest absolute Gasteiger partial charge is 0.216 e. The normalized spacial score (nSPS) is 29.5. The zero-order valence-electron chi connectivity index (χ0n) is 15.9. The highest BCUT2D eigenvalue weighted by Gasteiger charge is 2.25. The summed E-state index contributed by atoms with van der Waals surface area (Å²) in [5.41, 5.74) is 2.18. The molecule has 2 saturated carbocycles. The van der Waals surface area contributed by atoms with Crippen molar-refractivity contribution in [1.82, 2.24) is 0 Å². The average Bonchev–Trinajstić information content (AvgIpc) is 2.72. The molecule has 1 nitrogen and oxygen atoms in total. The fourth-order valence-electron chi connectivity index (χ4n) is 5.09. The van der Waals surface area contributed by atoms with Crippen LogP contribution in [0.5, 0.6) is 0 Å². The minimum atomic E-state index is 0.693. The van der Waals surface area contributed by atoms with Gasteiger partial charge in [-0.05, 0) is 86.3 Å². The van der Waals surface area contributed by atoms with E-state index in [1.54, 1.807) is 6.08 Å².